The number of rotatable bonds is 4. The van der Waals surface area contributed by atoms with Crippen LogP contribution in [0.25, 0.3) is 0 Å². The van der Waals surface area contributed by atoms with Crippen LogP contribution in [0.1, 0.15) is 37.7 Å². The number of benzene rings is 2. The first-order chi connectivity index (χ1) is 20.2. The molecule has 6 rings (SSSR count). The number of carbonyl (C=O) groups excluding carboxylic acids is 4. The molecular weight excluding hydrogens is 622 g/mol. The number of hydrogen-bond donors (Lipinski definition) is 1. The van der Waals surface area contributed by atoms with Gasteiger partial charge >= 0.3 is 0 Å². The third kappa shape index (κ3) is 3.59. The van der Waals surface area contributed by atoms with Gasteiger partial charge < -0.3 is 5.11 Å². The van der Waals surface area contributed by atoms with E-state index >= 15 is 8.78 Å². The molecule has 7 nitrogen and oxygen atoms in total. The van der Waals surface area contributed by atoms with Crippen LogP contribution in [-0.2, 0) is 19.2 Å². The largest absolute Gasteiger partial charge is 0.508 e. The fourth-order valence-corrected chi connectivity index (χ4v) is 8.08. The second-order valence-electron chi connectivity index (χ2n) is 11.1. The van der Waals surface area contributed by atoms with Gasteiger partial charge in [0.1, 0.15) is 11.4 Å². The Kier molecular flexibility index (Phi) is 6.70. The maximum atomic E-state index is 15.0. The van der Waals surface area contributed by atoms with Gasteiger partial charge in [-0.1, -0.05) is 36.8 Å². The van der Waals surface area contributed by atoms with E-state index in [0.717, 1.165) is 4.90 Å². The molecule has 14 heteroatoms. The van der Waals surface area contributed by atoms with Crippen LogP contribution in [0.15, 0.2) is 35.9 Å². The average molecular weight is 643 g/mol. The number of hydrogen-bond acceptors (Lipinski definition) is 5. The Balaban J connectivity index is 1.59. The lowest BCUT2D eigenvalue weighted by molar-refractivity contribution is -0.140. The normalized spacial score (nSPS) is 31.8. The van der Waals surface area contributed by atoms with E-state index in [0.29, 0.717) is 6.42 Å². The van der Waals surface area contributed by atoms with Crippen LogP contribution in [0, 0.1) is 46.8 Å². The molecule has 226 valence electrons. The molecule has 4 aliphatic rings. The number of fused-ring (bicyclic) bond motifs is 4. The first-order valence-electron chi connectivity index (χ1n) is 13.3. The van der Waals surface area contributed by atoms with Gasteiger partial charge in [-0.3, -0.25) is 24.1 Å². The van der Waals surface area contributed by atoms with Crippen molar-refractivity contribution in [3.05, 3.63) is 70.6 Å². The predicted molar refractivity (Wildman–Crippen MR) is 142 cm³/mol. The number of halogens is 7. The van der Waals surface area contributed by atoms with Crippen molar-refractivity contribution in [2.45, 2.75) is 41.9 Å². The minimum atomic E-state index is -2.67. The summed E-state index contributed by atoms with van der Waals surface area (Å²) in [5.41, 5.74) is -1.62. The molecule has 6 atom stereocenters. The Labute approximate surface area is 250 Å². The molecule has 0 bridgehead atoms. The number of phenolic OH excluding ortho intramolecular Hbond substituents is 1. The lowest BCUT2D eigenvalue weighted by atomic mass is 9.56. The van der Waals surface area contributed by atoms with Gasteiger partial charge in [-0.05, 0) is 31.2 Å². The quantitative estimate of drug-likeness (QED) is 0.126. The van der Waals surface area contributed by atoms with Gasteiger partial charge in [0.2, 0.25) is 17.6 Å². The summed E-state index contributed by atoms with van der Waals surface area (Å²) in [5.74, 6) is -21.2. The summed E-state index contributed by atoms with van der Waals surface area (Å²) >= 11 is 14.0. The van der Waals surface area contributed by atoms with E-state index in [4.69, 9.17) is 23.2 Å². The van der Waals surface area contributed by atoms with Crippen molar-refractivity contribution in [2.24, 2.45) is 17.8 Å². The van der Waals surface area contributed by atoms with E-state index in [9.17, 15) is 37.5 Å². The Morgan fingerprint density at radius 3 is 2.09 bits per heavy atom. The second kappa shape index (κ2) is 9.75. The lowest BCUT2D eigenvalue weighted by Gasteiger charge is -2.50. The third-order valence-corrected chi connectivity index (χ3v) is 10.4. The van der Waals surface area contributed by atoms with Gasteiger partial charge in [0.15, 0.2) is 33.0 Å². The molecule has 0 radical (unpaired) electrons. The van der Waals surface area contributed by atoms with E-state index < -0.39 is 104 Å². The zero-order valence-corrected chi connectivity index (χ0v) is 23.7. The molecule has 2 aromatic carbocycles. The second-order valence-corrected chi connectivity index (χ2v) is 12.3. The molecule has 1 N–H and O–H groups in total. The number of carbonyl (C=O) groups is 4. The van der Waals surface area contributed by atoms with Gasteiger partial charge in [0, 0.05) is 18.0 Å². The van der Waals surface area contributed by atoms with Crippen LogP contribution in [0.4, 0.5) is 27.6 Å². The number of alkyl halides is 2. The number of imide groups is 2. The van der Waals surface area contributed by atoms with Gasteiger partial charge in [-0.15, -0.1) is 23.2 Å². The number of para-hydroxylation sites is 1. The summed E-state index contributed by atoms with van der Waals surface area (Å²) in [5, 5.41) is 10.9. The van der Waals surface area contributed by atoms with Gasteiger partial charge in [-0.2, -0.15) is 0 Å². The van der Waals surface area contributed by atoms with Crippen LogP contribution in [-0.4, -0.2) is 49.9 Å². The SMILES string of the molecule is CCCN1C(=O)[C@H]2[C@H](CC=C3[C@H]2C[C@@]2(Cl)C(=O)N(c4c(F)c(F)c(F)c(F)c4F)C(=O)[C@@]2(Cl)[C@H]3c2ccccc2O)C1=O. The molecule has 2 aliphatic carbocycles. The fraction of sp³-hybridized carbons (Fsp3) is 0.379. The topological polar surface area (TPSA) is 95.0 Å². The highest BCUT2D eigenvalue weighted by atomic mass is 35.5. The highest BCUT2D eigenvalue weighted by Crippen LogP contribution is 2.66. The summed E-state index contributed by atoms with van der Waals surface area (Å²) in [7, 11) is 0. The minimum Gasteiger partial charge on any atom is -0.508 e. The maximum Gasteiger partial charge on any atom is 0.258 e. The summed E-state index contributed by atoms with van der Waals surface area (Å²) in [6.45, 7) is 1.90. The van der Waals surface area contributed by atoms with E-state index in [1.165, 1.54) is 24.3 Å². The Morgan fingerprint density at radius 1 is 0.884 bits per heavy atom. The molecule has 3 fully saturated rings. The molecule has 2 aromatic rings. The zero-order chi connectivity index (χ0) is 31.3. The number of amides is 4. The molecule has 0 aromatic heterocycles. The van der Waals surface area contributed by atoms with Crippen LogP contribution >= 0.6 is 23.2 Å². The first kappa shape index (κ1) is 29.6. The third-order valence-electron chi connectivity index (χ3n) is 9.01. The van der Waals surface area contributed by atoms with Crippen LogP contribution < -0.4 is 4.90 Å². The fourth-order valence-electron chi connectivity index (χ4n) is 7.15. The number of allylic oxidation sites excluding steroid dienone is 2. The molecular formula is C29H21Cl2F5N2O5. The summed E-state index contributed by atoms with van der Waals surface area (Å²) in [4.78, 5) is 50.4. The first-order valence-corrected chi connectivity index (χ1v) is 14.1. The maximum absolute atomic E-state index is 15.0. The highest BCUT2D eigenvalue weighted by molar-refractivity contribution is 6.58. The average Bonchev–Trinajstić information content (AvgIpc) is 3.30. The number of anilines is 1. The van der Waals surface area contributed by atoms with Crippen LogP contribution in [0.5, 0.6) is 5.75 Å². The summed E-state index contributed by atoms with van der Waals surface area (Å²) < 4.78 is 72.4. The predicted octanol–water partition coefficient (Wildman–Crippen LogP) is 5.06. The van der Waals surface area contributed by atoms with Gasteiger partial charge in [0.05, 0.1) is 11.8 Å². The molecule has 43 heavy (non-hydrogen) atoms. The zero-order valence-electron chi connectivity index (χ0n) is 22.1. The number of nitrogens with zero attached hydrogens (tertiary/aromatic N) is 2. The molecule has 1 saturated carbocycles. The molecule has 2 heterocycles. The Hall–Kier alpha value is -3.51. The molecule has 4 amide bonds. The van der Waals surface area contributed by atoms with Gasteiger partial charge in [-0.25, -0.2) is 26.9 Å². The number of phenols is 1. The Morgan fingerprint density at radius 2 is 1.49 bits per heavy atom. The van der Waals surface area contributed by atoms with Gasteiger partial charge in [0.25, 0.3) is 11.8 Å². The van der Waals surface area contributed by atoms with Crippen LogP contribution in [0.3, 0.4) is 0 Å². The number of likely N-dealkylation sites (tertiary alicyclic amines) is 1. The number of aromatic hydroxyl groups is 1. The van der Waals surface area contributed by atoms with Crippen molar-refractivity contribution < 1.29 is 46.2 Å². The van der Waals surface area contributed by atoms with Crippen molar-refractivity contribution in [3.8, 4) is 5.75 Å². The monoisotopic (exact) mass is 642 g/mol. The minimum absolute atomic E-state index is 0.0388. The van der Waals surface area contributed by atoms with Crippen molar-refractivity contribution in [3.63, 3.8) is 0 Å². The molecule has 0 unspecified atom stereocenters. The van der Waals surface area contributed by atoms with Crippen molar-refractivity contribution in [1.82, 2.24) is 4.90 Å². The summed E-state index contributed by atoms with van der Waals surface area (Å²) in [6, 6.07) is 5.53. The highest BCUT2D eigenvalue weighted by Gasteiger charge is 2.77. The lowest BCUT2D eigenvalue weighted by Crippen LogP contribution is -2.60. The van der Waals surface area contributed by atoms with E-state index in [1.807, 2.05) is 0 Å². The smallest absolute Gasteiger partial charge is 0.258 e. The molecule has 2 saturated heterocycles. The van der Waals surface area contributed by atoms with Crippen molar-refractivity contribution in [1.29, 1.82) is 0 Å². The van der Waals surface area contributed by atoms with E-state index in [-0.39, 0.29) is 29.0 Å². The Bertz CT molecular complexity index is 1660. The van der Waals surface area contributed by atoms with E-state index in [1.54, 1.807) is 13.0 Å². The summed E-state index contributed by atoms with van der Waals surface area (Å²) in [6.07, 6.45) is 1.49. The molecule has 2 aliphatic heterocycles. The molecule has 0 spiro atoms. The van der Waals surface area contributed by atoms with Crippen LogP contribution in [0.2, 0.25) is 0 Å². The van der Waals surface area contributed by atoms with Crippen molar-refractivity contribution in [2.75, 3.05) is 11.4 Å². The van der Waals surface area contributed by atoms with Crippen molar-refractivity contribution >= 4 is 52.5 Å². The standard InChI is InChI=1S/C29H21Cl2F5N2O5/c1-2-9-37-24(40)13-8-7-11-14(16(13)25(37)41)10-28(30)26(42)38(23-21(35)19(33)18(32)20(34)22(23)36)27(43)29(28,31)17(11)12-5-3-4-6-15(12)39/h3-7,13-14,16-17,39H,2,8-10H2,1H3/t13-,14+,16-,17+,28+,29-/m0/s1. The van der Waals surface area contributed by atoms with E-state index in [2.05, 4.69) is 0 Å².